The molecule has 1 fully saturated rings. The standard InChI is InChI=1S/C18H23N3O/c1-22-17-7-3-2-6-15(17)14-20-16-9-12-21(13-10-16)18-8-4-5-11-19-18/h2-8,11,16,20H,9-10,12-14H2,1H3. The van der Waals surface area contributed by atoms with Gasteiger partial charge in [0, 0.05) is 37.4 Å². The van der Waals surface area contributed by atoms with E-state index in [1.807, 2.05) is 30.5 Å². The molecule has 1 aliphatic heterocycles. The maximum atomic E-state index is 5.40. The summed E-state index contributed by atoms with van der Waals surface area (Å²) in [7, 11) is 1.73. The van der Waals surface area contributed by atoms with Crippen LogP contribution in [0.25, 0.3) is 0 Å². The van der Waals surface area contributed by atoms with E-state index in [1.54, 1.807) is 7.11 Å². The third-order valence-electron chi connectivity index (χ3n) is 4.24. The fourth-order valence-corrected chi connectivity index (χ4v) is 2.96. The van der Waals surface area contributed by atoms with Gasteiger partial charge in [-0.15, -0.1) is 0 Å². The van der Waals surface area contributed by atoms with Crippen LogP contribution < -0.4 is 15.0 Å². The number of benzene rings is 1. The number of rotatable bonds is 5. The van der Waals surface area contributed by atoms with Crippen LogP contribution in [0.5, 0.6) is 5.75 Å². The Morgan fingerprint density at radius 1 is 1.14 bits per heavy atom. The van der Waals surface area contributed by atoms with Crippen molar-refractivity contribution in [3.63, 3.8) is 0 Å². The molecule has 4 nitrogen and oxygen atoms in total. The molecule has 0 aliphatic carbocycles. The van der Waals surface area contributed by atoms with Crippen molar-refractivity contribution >= 4 is 5.82 Å². The maximum absolute atomic E-state index is 5.40. The zero-order chi connectivity index (χ0) is 15.2. The molecule has 22 heavy (non-hydrogen) atoms. The summed E-state index contributed by atoms with van der Waals surface area (Å²) in [4.78, 5) is 6.80. The highest BCUT2D eigenvalue weighted by molar-refractivity contribution is 5.38. The summed E-state index contributed by atoms with van der Waals surface area (Å²) < 4.78 is 5.40. The molecule has 4 heteroatoms. The third-order valence-corrected chi connectivity index (χ3v) is 4.24. The minimum Gasteiger partial charge on any atom is -0.496 e. The van der Waals surface area contributed by atoms with Crippen molar-refractivity contribution in [2.24, 2.45) is 0 Å². The first-order valence-electron chi connectivity index (χ1n) is 7.88. The molecule has 0 radical (unpaired) electrons. The molecule has 1 aromatic heterocycles. The van der Waals surface area contributed by atoms with E-state index >= 15 is 0 Å². The van der Waals surface area contributed by atoms with Crippen molar-refractivity contribution in [1.82, 2.24) is 10.3 Å². The quantitative estimate of drug-likeness (QED) is 0.921. The van der Waals surface area contributed by atoms with E-state index in [2.05, 4.69) is 33.4 Å². The van der Waals surface area contributed by atoms with E-state index in [-0.39, 0.29) is 0 Å². The summed E-state index contributed by atoms with van der Waals surface area (Å²) in [6.45, 7) is 2.97. The van der Waals surface area contributed by atoms with Crippen LogP contribution in [0.2, 0.25) is 0 Å². The second-order valence-corrected chi connectivity index (χ2v) is 5.64. The van der Waals surface area contributed by atoms with Crippen molar-refractivity contribution in [3.05, 3.63) is 54.2 Å². The number of pyridine rings is 1. The number of methoxy groups -OCH3 is 1. The third kappa shape index (κ3) is 3.57. The molecule has 0 unspecified atom stereocenters. The lowest BCUT2D eigenvalue weighted by Gasteiger charge is -2.33. The summed E-state index contributed by atoms with van der Waals surface area (Å²) in [5, 5.41) is 3.66. The fourth-order valence-electron chi connectivity index (χ4n) is 2.96. The lowest BCUT2D eigenvalue weighted by molar-refractivity contribution is 0.391. The normalized spacial score (nSPS) is 15.8. The first kappa shape index (κ1) is 14.9. The zero-order valence-corrected chi connectivity index (χ0v) is 13.0. The second kappa shape index (κ2) is 7.27. The van der Waals surface area contributed by atoms with E-state index in [0.717, 1.165) is 44.0 Å². The summed E-state index contributed by atoms with van der Waals surface area (Å²) in [5.74, 6) is 2.05. The van der Waals surface area contributed by atoms with Crippen molar-refractivity contribution < 1.29 is 4.74 Å². The van der Waals surface area contributed by atoms with Gasteiger partial charge in [-0.2, -0.15) is 0 Å². The number of ether oxygens (including phenoxy) is 1. The van der Waals surface area contributed by atoms with Crippen LogP contribution in [0, 0.1) is 0 Å². The van der Waals surface area contributed by atoms with Gasteiger partial charge in [0.1, 0.15) is 11.6 Å². The molecule has 0 amide bonds. The predicted octanol–water partition coefficient (Wildman–Crippen LogP) is 2.85. The molecule has 0 spiro atoms. The molecular formula is C18H23N3O. The van der Waals surface area contributed by atoms with Crippen molar-refractivity contribution in [3.8, 4) is 5.75 Å². The van der Waals surface area contributed by atoms with Gasteiger partial charge in [0.25, 0.3) is 0 Å². The highest BCUT2D eigenvalue weighted by Crippen LogP contribution is 2.20. The Kier molecular flexibility index (Phi) is 4.91. The number of hydrogen-bond donors (Lipinski definition) is 1. The Bertz CT molecular complexity index is 580. The van der Waals surface area contributed by atoms with Crippen LogP contribution in [-0.2, 0) is 6.54 Å². The molecule has 0 bridgehead atoms. The van der Waals surface area contributed by atoms with Crippen molar-refractivity contribution in [1.29, 1.82) is 0 Å². The molecular weight excluding hydrogens is 274 g/mol. The number of piperidine rings is 1. The minimum atomic E-state index is 0.560. The summed E-state index contributed by atoms with van der Waals surface area (Å²) in [5.41, 5.74) is 1.22. The molecule has 1 saturated heterocycles. The van der Waals surface area contributed by atoms with Gasteiger partial charge in [-0.1, -0.05) is 24.3 Å². The van der Waals surface area contributed by atoms with Crippen LogP contribution in [-0.4, -0.2) is 31.2 Å². The fraction of sp³-hybridized carbons (Fsp3) is 0.389. The van der Waals surface area contributed by atoms with Crippen LogP contribution in [0.1, 0.15) is 18.4 Å². The lowest BCUT2D eigenvalue weighted by atomic mass is 10.0. The molecule has 0 saturated carbocycles. The van der Waals surface area contributed by atoms with Crippen LogP contribution in [0.4, 0.5) is 5.82 Å². The second-order valence-electron chi connectivity index (χ2n) is 5.64. The minimum absolute atomic E-state index is 0.560. The van der Waals surface area contributed by atoms with Gasteiger partial charge in [0.15, 0.2) is 0 Å². The van der Waals surface area contributed by atoms with E-state index in [1.165, 1.54) is 5.56 Å². The Hall–Kier alpha value is -2.07. The van der Waals surface area contributed by atoms with Gasteiger partial charge < -0.3 is 15.0 Å². The number of nitrogens with one attached hydrogen (secondary N) is 1. The molecule has 2 heterocycles. The Morgan fingerprint density at radius 3 is 2.64 bits per heavy atom. The molecule has 3 rings (SSSR count). The smallest absolute Gasteiger partial charge is 0.128 e. The van der Waals surface area contributed by atoms with Crippen LogP contribution >= 0.6 is 0 Å². The van der Waals surface area contributed by atoms with Gasteiger partial charge in [-0.3, -0.25) is 0 Å². The monoisotopic (exact) mass is 297 g/mol. The van der Waals surface area contributed by atoms with Crippen LogP contribution in [0.15, 0.2) is 48.7 Å². The molecule has 1 aromatic carbocycles. The average molecular weight is 297 g/mol. The van der Waals surface area contributed by atoms with Crippen molar-refractivity contribution in [2.45, 2.75) is 25.4 Å². The lowest BCUT2D eigenvalue weighted by Crippen LogP contribution is -2.42. The average Bonchev–Trinajstić information content (AvgIpc) is 2.61. The number of para-hydroxylation sites is 1. The molecule has 2 aromatic rings. The Balaban J connectivity index is 1.50. The summed E-state index contributed by atoms with van der Waals surface area (Å²) in [6.07, 6.45) is 4.15. The Labute approximate surface area is 132 Å². The molecule has 116 valence electrons. The van der Waals surface area contributed by atoms with Gasteiger partial charge in [-0.25, -0.2) is 4.98 Å². The molecule has 1 N–H and O–H groups in total. The summed E-state index contributed by atoms with van der Waals surface area (Å²) >= 11 is 0. The number of nitrogens with zero attached hydrogens (tertiary/aromatic N) is 2. The highest BCUT2D eigenvalue weighted by atomic mass is 16.5. The van der Waals surface area contributed by atoms with Crippen molar-refractivity contribution in [2.75, 3.05) is 25.1 Å². The van der Waals surface area contributed by atoms with Gasteiger partial charge in [0.05, 0.1) is 7.11 Å². The van der Waals surface area contributed by atoms with Gasteiger partial charge in [-0.05, 0) is 31.0 Å². The molecule has 1 aliphatic rings. The predicted molar refractivity (Wildman–Crippen MR) is 89.3 cm³/mol. The van der Waals surface area contributed by atoms with Crippen LogP contribution in [0.3, 0.4) is 0 Å². The SMILES string of the molecule is COc1ccccc1CNC1CCN(c2ccccn2)CC1. The molecule has 0 atom stereocenters. The van der Waals surface area contributed by atoms with E-state index in [0.29, 0.717) is 6.04 Å². The van der Waals surface area contributed by atoms with E-state index in [9.17, 15) is 0 Å². The number of anilines is 1. The number of aromatic nitrogens is 1. The summed E-state index contributed by atoms with van der Waals surface area (Å²) in [6, 6.07) is 14.9. The van der Waals surface area contributed by atoms with E-state index in [4.69, 9.17) is 4.74 Å². The van der Waals surface area contributed by atoms with E-state index < -0.39 is 0 Å². The largest absolute Gasteiger partial charge is 0.496 e. The first-order chi connectivity index (χ1) is 10.9. The topological polar surface area (TPSA) is 37.4 Å². The maximum Gasteiger partial charge on any atom is 0.128 e. The number of hydrogen-bond acceptors (Lipinski definition) is 4. The highest BCUT2D eigenvalue weighted by Gasteiger charge is 2.19. The van der Waals surface area contributed by atoms with Gasteiger partial charge >= 0.3 is 0 Å². The first-order valence-corrected chi connectivity index (χ1v) is 7.88. The zero-order valence-electron chi connectivity index (χ0n) is 13.0. The van der Waals surface area contributed by atoms with Gasteiger partial charge in [0.2, 0.25) is 0 Å². The Morgan fingerprint density at radius 2 is 1.91 bits per heavy atom.